The van der Waals surface area contributed by atoms with Crippen molar-refractivity contribution in [2.75, 3.05) is 25.0 Å². The van der Waals surface area contributed by atoms with Crippen molar-refractivity contribution in [3.05, 3.63) is 35.4 Å². The highest BCUT2D eigenvalue weighted by atomic mass is 16.5. The molecule has 1 aliphatic carbocycles. The number of piperidine rings is 1. The van der Waals surface area contributed by atoms with Crippen molar-refractivity contribution >= 4 is 17.5 Å². The Bertz CT molecular complexity index is 1090. The molecule has 3 heterocycles. The average Bonchev–Trinajstić information content (AvgIpc) is 3.67. The quantitative estimate of drug-likeness (QED) is 0.508. The summed E-state index contributed by atoms with van der Waals surface area (Å²) >= 11 is 0. The third-order valence-corrected chi connectivity index (χ3v) is 7.18. The van der Waals surface area contributed by atoms with Gasteiger partial charge in [-0.2, -0.15) is 0 Å². The van der Waals surface area contributed by atoms with Crippen molar-refractivity contribution in [2.45, 2.75) is 57.8 Å². The number of aromatic nitrogens is 1. The Labute approximate surface area is 200 Å². The summed E-state index contributed by atoms with van der Waals surface area (Å²) in [5.74, 6) is 1.06. The van der Waals surface area contributed by atoms with Crippen LogP contribution in [-0.2, 0) is 16.0 Å². The molecule has 0 bridgehead atoms. The normalized spacial score (nSPS) is 22.1. The van der Waals surface area contributed by atoms with E-state index < -0.39 is 5.92 Å². The number of nitrogens with one attached hydrogen (secondary N) is 2. The van der Waals surface area contributed by atoms with E-state index in [1.807, 2.05) is 19.1 Å². The fourth-order valence-electron chi connectivity index (χ4n) is 5.09. The molecule has 0 spiro atoms. The van der Waals surface area contributed by atoms with Crippen LogP contribution in [-0.4, -0.2) is 41.5 Å². The molecule has 1 saturated carbocycles. The summed E-state index contributed by atoms with van der Waals surface area (Å²) in [6, 6.07) is 7.31. The number of anilines is 1. The number of phenolic OH excluding ortho intramolecular Hbond substituents is 1. The fourth-order valence-corrected chi connectivity index (χ4v) is 5.09. The Morgan fingerprint density at radius 2 is 2.12 bits per heavy atom. The Kier molecular flexibility index (Phi) is 6.55. The van der Waals surface area contributed by atoms with Gasteiger partial charge in [0, 0.05) is 13.0 Å². The van der Waals surface area contributed by atoms with Gasteiger partial charge in [-0.05, 0) is 86.2 Å². The number of Topliss-reactive ketones (excluding diaryl/α,β-unsaturated/α-hetero) is 1. The molecule has 34 heavy (non-hydrogen) atoms. The lowest BCUT2D eigenvalue weighted by molar-refractivity contribution is -0.131. The number of fused-ring (bicyclic) bond motifs is 1. The number of phenols is 1. The number of hydrogen-bond acceptors (Lipinski definition) is 6. The first-order valence-electron chi connectivity index (χ1n) is 12.6. The maximum atomic E-state index is 12.9. The van der Waals surface area contributed by atoms with Gasteiger partial charge in [0.15, 0.2) is 0 Å². The van der Waals surface area contributed by atoms with Crippen LogP contribution < -0.4 is 15.4 Å². The second kappa shape index (κ2) is 9.74. The maximum absolute atomic E-state index is 12.9. The molecular weight excluding hydrogens is 430 g/mol. The number of pyridine rings is 1. The van der Waals surface area contributed by atoms with E-state index in [1.54, 1.807) is 12.1 Å². The van der Waals surface area contributed by atoms with Crippen LogP contribution in [0.4, 0.5) is 5.82 Å². The van der Waals surface area contributed by atoms with Gasteiger partial charge in [0.25, 0.3) is 0 Å². The highest BCUT2D eigenvalue weighted by Crippen LogP contribution is 2.43. The maximum Gasteiger partial charge on any atom is 0.236 e. The van der Waals surface area contributed by atoms with Crippen LogP contribution in [0.3, 0.4) is 0 Å². The number of carbonyl (C=O) groups excluding carboxylic acids is 2. The summed E-state index contributed by atoms with van der Waals surface area (Å²) in [6.45, 7) is 4.40. The smallest absolute Gasteiger partial charge is 0.236 e. The molecule has 1 amide bonds. The van der Waals surface area contributed by atoms with Crippen LogP contribution in [0.2, 0.25) is 0 Å². The standard InChI is InChI=1S/C27H33N3O4/c1-2-5-22(31)20-12-19-18(17-6-4-11-28-14-17)13-21(29-26(19)30-27(20)33)25-23(32)7-3-8-24(25)34-15-16-9-10-16/h3,7-8,13,16-17,20,28,32H,2,4-6,9-12,14-15H2,1H3,(H,29,30,33). The molecule has 180 valence electrons. The number of hydrogen-bond donors (Lipinski definition) is 3. The summed E-state index contributed by atoms with van der Waals surface area (Å²) in [4.78, 5) is 30.3. The topological polar surface area (TPSA) is 101 Å². The van der Waals surface area contributed by atoms with Crippen molar-refractivity contribution in [3.63, 3.8) is 0 Å². The summed E-state index contributed by atoms with van der Waals surface area (Å²) in [5, 5.41) is 17.2. The summed E-state index contributed by atoms with van der Waals surface area (Å²) in [7, 11) is 0. The zero-order chi connectivity index (χ0) is 23.7. The van der Waals surface area contributed by atoms with E-state index >= 15 is 0 Å². The minimum atomic E-state index is -0.669. The Hall–Kier alpha value is -2.93. The first-order chi connectivity index (χ1) is 16.5. The van der Waals surface area contributed by atoms with E-state index in [0.29, 0.717) is 48.2 Å². The van der Waals surface area contributed by atoms with E-state index in [4.69, 9.17) is 9.72 Å². The molecule has 3 aliphatic rings. The van der Waals surface area contributed by atoms with E-state index in [1.165, 1.54) is 12.8 Å². The molecule has 7 heteroatoms. The molecule has 1 aromatic carbocycles. The van der Waals surface area contributed by atoms with Gasteiger partial charge in [-0.3, -0.25) is 9.59 Å². The Morgan fingerprint density at radius 1 is 1.26 bits per heavy atom. The number of nitrogens with zero attached hydrogens (tertiary/aromatic N) is 1. The highest BCUT2D eigenvalue weighted by molar-refractivity contribution is 6.09. The van der Waals surface area contributed by atoms with Crippen molar-refractivity contribution in [2.24, 2.45) is 11.8 Å². The molecule has 5 rings (SSSR count). The van der Waals surface area contributed by atoms with Crippen molar-refractivity contribution in [1.29, 1.82) is 0 Å². The zero-order valence-electron chi connectivity index (χ0n) is 19.7. The molecule has 7 nitrogen and oxygen atoms in total. The molecule has 2 fully saturated rings. The van der Waals surface area contributed by atoms with Crippen LogP contribution in [0.15, 0.2) is 24.3 Å². The number of rotatable bonds is 8. The molecule has 2 unspecified atom stereocenters. The zero-order valence-corrected chi connectivity index (χ0v) is 19.7. The first kappa shape index (κ1) is 22.8. The molecule has 2 aliphatic heterocycles. The van der Waals surface area contributed by atoms with Crippen LogP contribution in [0.1, 0.15) is 62.5 Å². The number of ether oxygens (including phenoxy) is 1. The number of benzene rings is 1. The van der Waals surface area contributed by atoms with Crippen LogP contribution in [0.25, 0.3) is 11.3 Å². The predicted octanol–water partition coefficient (Wildman–Crippen LogP) is 4.19. The van der Waals surface area contributed by atoms with Gasteiger partial charge in [-0.15, -0.1) is 0 Å². The van der Waals surface area contributed by atoms with Gasteiger partial charge >= 0.3 is 0 Å². The second-order valence-electron chi connectivity index (χ2n) is 9.83. The summed E-state index contributed by atoms with van der Waals surface area (Å²) in [5.41, 5.74) is 3.18. The van der Waals surface area contributed by atoms with Gasteiger partial charge in [-0.1, -0.05) is 13.0 Å². The van der Waals surface area contributed by atoms with Crippen molar-refractivity contribution in [3.8, 4) is 22.8 Å². The van der Waals surface area contributed by atoms with E-state index in [0.717, 1.165) is 43.5 Å². The van der Waals surface area contributed by atoms with Gasteiger partial charge in [-0.25, -0.2) is 4.98 Å². The molecular formula is C27H33N3O4. The molecule has 2 aromatic rings. The minimum absolute atomic E-state index is 0.0149. The largest absolute Gasteiger partial charge is 0.507 e. The van der Waals surface area contributed by atoms with Gasteiger partial charge < -0.3 is 20.5 Å². The van der Waals surface area contributed by atoms with Crippen molar-refractivity contribution in [1.82, 2.24) is 10.3 Å². The Balaban J connectivity index is 1.58. The lowest BCUT2D eigenvalue weighted by Gasteiger charge is -2.31. The molecule has 2 atom stereocenters. The van der Waals surface area contributed by atoms with E-state index in [2.05, 4.69) is 10.6 Å². The van der Waals surface area contributed by atoms with Crippen LogP contribution in [0.5, 0.6) is 11.5 Å². The summed E-state index contributed by atoms with van der Waals surface area (Å²) < 4.78 is 6.08. The number of aromatic hydroxyl groups is 1. The van der Waals surface area contributed by atoms with E-state index in [-0.39, 0.29) is 23.4 Å². The Morgan fingerprint density at radius 3 is 2.85 bits per heavy atom. The third kappa shape index (κ3) is 4.67. The second-order valence-corrected chi connectivity index (χ2v) is 9.83. The van der Waals surface area contributed by atoms with E-state index in [9.17, 15) is 14.7 Å². The molecule has 1 saturated heterocycles. The lowest BCUT2D eigenvalue weighted by atomic mass is 9.81. The number of carbonyl (C=O) groups is 2. The van der Waals surface area contributed by atoms with Gasteiger partial charge in [0.2, 0.25) is 5.91 Å². The van der Waals surface area contributed by atoms with Crippen molar-refractivity contribution < 1.29 is 19.4 Å². The van der Waals surface area contributed by atoms with Crippen LogP contribution >= 0.6 is 0 Å². The minimum Gasteiger partial charge on any atom is -0.507 e. The van der Waals surface area contributed by atoms with Gasteiger partial charge in [0.05, 0.1) is 17.9 Å². The SMILES string of the molecule is CCCC(=O)C1Cc2c(C3CCCNC3)cc(-c3c(O)cccc3OCC3CC3)nc2NC1=O. The lowest BCUT2D eigenvalue weighted by Crippen LogP contribution is -2.37. The average molecular weight is 464 g/mol. The number of ketones is 1. The molecule has 1 aromatic heterocycles. The monoisotopic (exact) mass is 463 g/mol. The predicted molar refractivity (Wildman–Crippen MR) is 130 cm³/mol. The molecule has 3 N–H and O–H groups in total. The molecule has 0 radical (unpaired) electrons. The van der Waals surface area contributed by atoms with Crippen LogP contribution in [0, 0.1) is 11.8 Å². The third-order valence-electron chi connectivity index (χ3n) is 7.18. The number of amides is 1. The summed E-state index contributed by atoms with van der Waals surface area (Å²) in [6.07, 6.45) is 5.94. The highest BCUT2D eigenvalue weighted by Gasteiger charge is 2.35. The van der Waals surface area contributed by atoms with Gasteiger partial charge in [0.1, 0.15) is 29.0 Å². The first-order valence-corrected chi connectivity index (χ1v) is 12.6. The fraction of sp³-hybridized carbons (Fsp3) is 0.519.